The van der Waals surface area contributed by atoms with Gasteiger partial charge in [0.1, 0.15) is 36.6 Å². The van der Waals surface area contributed by atoms with Crippen molar-refractivity contribution >= 4 is 17.7 Å². The number of unbranched alkanes of at least 4 members (excludes halogenated alkanes) is 4. The van der Waals surface area contributed by atoms with Gasteiger partial charge in [0.25, 0.3) is 11.5 Å². The number of nitrogens with zero attached hydrogens (tertiary/aromatic N) is 1. The molecule has 10 atom stereocenters. The van der Waals surface area contributed by atoms with Crippen LogP contribution in [-0.4, -0.2) is 106 Å². The van der Waals surface area contributed by atoms with Gasteiger partial charge in [-0.05, 0) is 38.7 Å². The number of ether oxygens (including phenoxy) is 5. The Morgan fingerprint density at radius 2 is 1.90 bits per heavy atom. The van der Waals surface area contributed by atoms with Gasteiger partial charge in [-0.2, -0.15) is 0 Å². The molecule has 0 aliphatic carbocycles. The molecule has 268 valence electrons. The van der Waals surface area contributed by atoms with E-state index in [2.05, 4.69) is 22.5 Å². The fourth-order valence-corrected chi connectivity index (χ4v) is 6.01. The Morgan fingerprint density at radius 1 is 1.15 bits per heavy atom. The summed E-state index contributed by atoms with van der Waals surface area (Å²) in [6.45, 7) is 4.22. The summed E-state index contributed by atoms with van der Waals surface area (Å²) in [7, 11) is 1.33. The third-order valence-corrected chi connectivity index (χ3v) is 8.60. The van der Waals surface area contributed by atoms with Crippen molar-refractivity contribution < 1.29 is 48.3 Å². The zero-order chi connectivity index (χ0) is 35.0. The van der Waals surface area contributed by atoms with Crippen LogP contribution >= 0.6 is 0 Å². The molecule has 0 spiro atoms. The largest absolute Gasteiger partial charge is 0.456 e. The van der Waals surface area contributed by atoms with Gasteiger partial charge in [0, 0.05) is 32.0 Å². The number of hydrogen-bond acceptors (Lipinski definition) is 12. The second-order valence-electron chi connectivity index (χ2n) is 12.3. The van der Waals surface area contributed by atoms with Crippen molar-refractivity contribution in [1.82, 2.24) is 20.2 Å². The van der Waals surface area contributed by atoms with Crippen molar-refractivity contribution in [2.45, 2.75) is 126 Å². The molecule has 17 heteroatoms. The van der Waals surface area contributed by atoms with Crippen molar-refractivity contribution in [3.63, 3.8) is 0 Å². The smallest absolute Gasteiger partial charge is 0.330 e. The molecule has 0 radical (unpaired) electrons. The molecule has 3 amide bonds. The summed E-state index contributed by atoms with van der Waals surface area (Å²) < 4.78 is 30.5. The van der Waals surface area contributed by atoms with Crippen molar-refractivity contribution in [3.05, 3.63) is 44.9 Å². The maximum atomic E-state index is 13.1. The molecule has 3 aliphatic rings. The number of carbonyl (C=O) groups excluding carboxylic acids is 3. The average molecular weight is 682 g/mol. The van der Waals surface area contributed by atoms with Gasteiger partial charge in [0.15, 0.2) is 18.1 Å². The van der Waals surface area contributed by atoms with Crippen LogP contribution in [0.2, 0.25) is 0 Å². The Kier molecular flexibility index (Phi) is 13.3. The van der Waals surface area contributed by atoms with Crippen molar-refractivity contribution in [2.24, 2.45) is 5.73 Å². The monoisotopic (exact) mass is 681 g/mol. The van der Waals surface area contributed by atoms with Crippen LogP contribution in [0.3, 0.4) is 0 Å². The lowest BCUT2D eigenvalue weighted by Gasteiger charge is -2.35. The van der Waals surface area contributed by atoms with Gasteiger partial charge in [-0.25, -0.2) is 4.79 Å². The maximum Gasteiger partial charge on any atom is 0.330 e. The zero-order valence-electron chi connectivity index (χ0n) is 27.4. The lowest BCUT2D eigenvalue weighted by molar-refractivity contribution is -0.241. The topological polar surface area (TPSA) is 243 Å². The van der Waals surface area contributed by atoms with Crippen LogP contribution in [0.15, 0.2) is 33.7 Å². The first kappa shape index (κ1) is 37.2. The van der Waals surface area contributed by atoms with Crippen molar-refractivity contribution in [1.29, 1.82) is 0 Å². The molecule has 3 aliphatic heterocycles. The lowest BCUT2D eigenvalue weighted by atomic mass is 10.0. The number of methoxy groups -OCH3 is 1. The number of aliphatic hydroxyl groups is 2. The Hall–Kier alpha value is -3.61. The highest BCUT2D eigenvalue weighted by molar-refractivity contribution is 5.95. The van der Waals surface area contributed by atoms with E-state index in [0.29, 0.717) is 19.3 Å². The zero-order valence-corrected chi connectivity index (χ0v) is 27.4. The number of aromatic amines is 1. The number of aromatic nitrogens is 2. The van der Waals surface area contributed by atoms with E-state index in [9.17, 15) is 34.2 Å². The van der Waals surface area contributed by atoms with E-state index in [4.69, 9.17) is 29.4 Å². The predicted octanol–water partition coefficient (Wildman–Crippen LogP) is -1.19. The second kappa shape index (κ2) is 17.2. The fraction of sp³-hybridized carbons (Fsp3) is 0.710. The number of nitrogens with one attached hydrogen (secondary N) is 3. The molecule has 0 bridgehead atoms. The number of aliphatic hydroxyl groups excluding tert-OH is 2. The molecule has 0 saturated carbocycles. The van der Waals surface area contributed by atoms with E-state index < -0.39 is 84.0 Å². The molecular formula is C31H47N5O12. The van der Waals surface area contributed by atoms with Gasteiger partial charge in [-0.3, -0.25) is 28.7 Å². The minimum atomic E-state index is -1.81. The van der Waals surface area contributed by atoms with Crippen LogP contribution in [0.5, 0.6) is 0 Å². The predicted molar refractivity (Wildman–Crippen MR) is 167 cm³/mol. The van der Waals surface area contributed by atoms with E-state index in [1.165, 1.54) is 13.3 Å². The summed E-state index contributed by atoms with van der Waals surface area (Å²) in [4.78, 5) is 65.2. The van der Waals surface area contributed by atoms with E-state index in [1.54, 1.807) is 0 Å². The number of nitrogens with two attached hydrogens (primary N) is 1. The van der Waals surface area contributed by atoms with Gasteiger partial charge in [0.05, 0.1) is 0 Å². The number of hydrogen-bond donors (Lipinski definition) is 6. The molecule has 2 saturated heterocycles. The van der Waals surface area contributed by atoms with Crippen molar-refractivity contribution in [3.8, 4) is 0 Å². The molecule has 17 nitrogen and oxygen atoms in total. The summed E-state index contributed by atoms with van der Waals surface area (Å²) in [5.74, 6) is -2.75. The second-order valence-corrected chi connectivity index (χ2v) is 12.3. The standard InChI is InChI=1S/C31H47N5O12/c1-4-5-6-7-8-14-45-25-22(44-3)23(47-29(25)36-13-12-20(38)35-31(36)43)24(26(32)40)48-30-21(39)18(37)15-19(46-30)28(42)34-17-11-9-10-16(2)33-27(17)41/h12-13,15-18,21-25,29-30,37,39H,4-11,14H2,1-3H3,(H2,32,40)(H,33,41)(H,34,42)(H,35,38,43)/t16-,17-,18-,21-,22+,23-,24+,25+,29+,30+/m0/s1. The van der Waals surface area contributed by atoms with Crippen molar-refractivity contribution in [2.75, 3.05) is 13.7 Å². The summed E-state index contributed by atoms with van der Waals surface area (Å²) >= 11 is 0. The summed E-state index contributed by atoms with van der Waals surface area (Å²) in [5.41, 5.74) is 4.31. The first-order chi connectivity index (χ1) is 22.9. The third-order valence-electron chi connectivity index (χ3n) is 8.60. The van der Waals surface area contributed by atoms with E-state index in [1.807, 2.05) is 6.92 Å². The molecule has 0 aromatic carbocycles. The van der Waals surface area contributed by atoms with Crippen LogP contribution in [0.1, 0.15) is 71.4 Å². The molecule has 0 unspecified atom stereocenters. The molecule has 4 rings (SSSR count). The first-order valence-electron chi connectivity index (χ1n) is 16.4. The summed E-state index contributed by atoms with van der Waals surface area (Å²) in [5, 5.41) is 26.7. The fourth-order valence-electron chi connectivity index (χ4n) is 6.01. The quantitative estimate of drug-likeness (QED) is 0.120. The third kappa shape index (κ3) is 9.09. The van der Waals surface area contributed by atoms with E-state index in [-0.39, 0.29) is 18.6 Å². The molecule has 7 N–H and O–H groups in total. The van der Waals surface area contributed by atoms with Gasteiger partial charge in [-0.1, -0.05) is 32.6 Å². The van der Waals surface area contributed by atoms with E-state index >= 15 is 0 Å². The Bertz CT molecular complexity index is 1410. The molecule has 2 fully saturated rings. The number of primary amides is 1. The Labute approximate surface area is 277 Å². The minimum absolute atomic E-state index is 0.0584. The van der Waals surface area contributed by atoms with Crippen LogP contribution in [0, 0.1) is 0 Å². The summed E-state index contributed by atoms with van der Waals surface area (Å²) in [6.07, 6.45) is -2.89. The lowest BCUT2D eigenvalue weighted by Crippen LogP contribution is -2.54. The highest BCUT2D eigenvalue weighted by Gasteiger charge is 2.53. The molecule has 4 heterocycles. The Morgan fingerprint density at radius 3 is 2.58 bits per heavy atom. The Balaban J connectivity index is 1.54. The molecule has 1 aromatic heterocycles. The normalized spacial score (nSPS) is 31.2. The molecule has 48 heavy (non-hydrogen) atoms. The number of amides is 3. The minimum Gasteiger partial charge on any atom is -0.456 e. The highest BCUT2D eigenvalue weighted by Crippen LogP contribution is 2.36. The number of carbonyl (C=O) groups is 3. The number of rotatable bonds is 15. The maximum absolute atomic E-state index is 13.1. The van der Waals surface area contributed by atoms with E-state index in [0.717, 1.165) is 48.8 Å². The van der Waals surface area contributed by atoms with Gasteiger partial charge in [0.2, 0.25) is 18.1 Å². The number of H-pyrrole nitrogens is 1. The van der Waals surface area contributed by atoms with Gasteiger partial charge < -0.3 is 50.3 Å². The molecule has 1 aromatic rings. The summed E-state index contributed by atoms with van der Waals surface area (Å²) in [6, 6.07) is 0.201. The highest BCUT2D eigenvalue weighted by atomic mass is 16.7. The van der Waals surface area contributed by atoms with Crippen LogP contribution < -0.4 is 27.6 Å². The average Bonchev–Trinajstić information content (AvgIpc) is 3.31. The van der Waals surface area contributed by atoms with Gasteiger partial charge in [-0.15, -0.1) is 0 Å². The van der Waals surface area contributed by atoms with Gasteiger partial charge >= 0.3 is 5.69 Å². The first-order valence-corrected chi connectivity index (χ1v) is 16.4. The van der Waals surface area contributed by atoms with Crippen LogP contribution in [0.4, 0.5) is 0 Å². The SMILES string of the molecule is CCCCCCCO[C@@H]1[C@H](OC)[C@@H]([C@@H](O[C@H]2OC(C(=O)N[C@H]3CCC[C@H](C)NC3=O)=C[C@H](O)[C@@H]2O)C(N)=O)O[C@H]1n1ccc(=O)[nH]c1=O. The van der Waals surface area contributed by atoms with Crippen LogP contribution in [-0.2, 0) is 38.1 Å². The molecular weight excluding hydrogens is 634 g/mol. The van der Waals surface area contributed by atoms with Crippen LogP contribution in [0.25, 0.3) is 0 Å².